The number of hydrogen-bond donors (Lipinski definition) is 1. The van der Waals surface area contributed by atoms with E-state index in [0.717, 1.165) is 29.8 Å². The summed E-state index contributed by atoms with van der Waals surface area (Å²) in [6.07, 6.45) is 1.65. The van der Waals surface area contributed by atoms with Gasteiger partial charge < -0.3 is 15.4 Å². The Kier molecular flexibility index (Phi) is 2.91. The van der Waals surface area contributed by atoms with E-state index >= 15 is 0 Å². The number of aromatic nitrogens is 2. The molecular formula is C13H14N4O2. The lowest BCUT2D eigenvalue weighted by Gasteiger charge is -2.17. The molecule has 3 rings (SSSR count). The molecule has 2 aromatic rings. The van der Waals surface area contributed by atoms with E-state index in [9.17, 15) is 4.79 Å². The fourth-order valence-corrected chi connectivity index (χ4v) is 2.32. The summed E-state index contributed by atoms with van der Waals surface area (Å²) in [5, 5.41) is 0. The zero-order valence-electron chi connectivity index (χ0n) is 10.3. The fraction of sp³-hybridized carbons (Fsp3) is 0.308. The average molecular weight is 258 g/mol. The molecule has 0 radical (unpaired) electrons. The second-order valence-electron chi connectivity index (χ2n) is 4.50. The Labute approximate surface area is 110 Å². The van der Waals surface area contributed by atoms with Gasteiger partial charge in [0, 0.05) is 19.2 Å². The Bertz CT molecular complexity index is 616. The molecule has 1 amide bonds. The van der Waals surface area contributed by atoms with Crippen molar-refractivity contribution in [3.63, 3.8) is 0 Å². The molecule has 1 aliphatic heterocycles. The van der Waals surface area contributed by atoms with Crippen LogP contribution in [0.4, 0.5) is 10.6 Å². The van der Waals surface area contributed by atoms with Crippen molar-refractivity contribution in [2.45, 2.75) is 12.5 Å². The van der Waals surface area contributed by atoms with Gasteiger partial charge in [-0.05, 0) is 24.3 Å². The lowest BCUT2D eigenvalue weighted by molar-refractivity contribution is 0.117. The number of primary amides is 1. The van der Waals surface area contributed by atoms with Crippen LogP contribution in [0.2, 0.25) is 0 Å². The van der Waals surface area contributed by atoms with Gasteiger partial charge in [-0.3, -0.25) is 4.98 Å². The van der Waals surface area contributed by atoms with Gasteiger partial charge in [0.05, 0.1) is 17.6 Å². The molecule has 0 aromatic carbocycles. The number of carbonyl (C=O) groups is 1. The largest absolute Gasteiger partial charge is 0.444 e. The van der Waals surface area contributed by atoms with Crippen molar-refractivity contribution >= 4 is 22.9 Å². The molecule has 1 atom stereocenters. The highest BCUT2D eigenvalue weighted by Crippen LogP contribution is 2.22. The van der Waals surface area contributed by atoms with Gasteiger partial charge >= 0.3 is 6.09 Å². The van der Waals surface area contributed by atoms with Crippen LogP contribution in [0, 0.1) is 0 Å². The van der Waals surface area contributed by atoms with Gasteiger partial charge in [0.15, 0.2) is 0 Å². The minimum absolute atomic E-state index is 0.149. The van der Waals surface area contributed by atoms with Crippen LogP contribution in [0.3, 0.4) is 0 Å². The van der Waals surface area contributed by atoms with Crippen LogP contribution < -0.4 is 10.6 Å². The number of anilines is 1. The third-order valence-corrected chi connectivity index (χ3v) is 3.19. The molecule has 2 aromatic heterocycles. The van der Waals surface area contributed by atoms with Crippen molar-refractivity contribution in [3.8, 4) is 0 Å². The van der Waals surface area contributed by atoms with Crippen molar-refractivity contribution in [2.75, 3.05) is 18.0 Å². The number of pyridine rings is 2. The SMILES string of the molecule is NC(=O)OC1CCN(c2ccc3ncccc3n2)C1. The van der Waals surface area contributed by atoms with Crippen molar-refractivity contribution in [3.05, 3.63) is 30.5 Å². The lowest BCUT2D eigenvalue weighted by Crippen LogP contribution is -2.27. The molecule has 1 fully saturated rings. The van der Waals surface area contributed by atoms with E-state index < -0.39 is 6.09 Å². The minimum atomic E-state index is -0.720. The van der Waals surface area contributed by atoms with E-state index in [1.807, 2.05) is 24.3 Å². The van der Waals surface area contributed by atoms with Crippen molar-refractivity contribution in [1.29, 1.82) is 0 Å². The number of amides is 1. The third-order valence-electron chi connectivity index (χ3n) is 3.19. The van der Waals surface area contributed by atoms with E-state index in [2.05, 4.69) is 14.9 Å². The van der Waals surface area contributed by atoms with Gasteiger partial charge in [0.25, 0.3) is 0 Å². The predicted molar refractivity (Wildman–Crippen MR) is 70.8 cm³/mol. The maximum Gasteiger partial charge on any atom is 0.404 e. The van der Waals surface area contributed by atoms with Gasteiger partial charge in [-0.25, -0.2) is 9.78 Å². The number of nitrogens with two attached hydrogens (primary N) is 1. The Morgan fingerprint density at radius 2 is 2.26 bits per heavy atom. The van der Waals surface area contributed by atoms with E-state index in [1.165, 1.54) is 0 Å². The van der Waals surface area contributed by atoms with Crippen LogP contribution in [0.1, 0.15) is 6.42 Å². The summed E-state index contributed by atoms with van der Waals surface area (Å²) < 4.78 is 5.01. The predicted octanol–water partition coefficient (Wildman–Crippen LogP) is 1.30. The third kappa shape index (κ3) is 2.42. The second-order valence-corrected chi connectivity index (χ2v) is 4.50. The van der Waals surface area contributed by atoms with E-state index in [-0.39, 0.29) is 6.10 Å². The number of nitrogens with zero attached hydrogens (tertiary/aromatic N) is 3. The monoisotopic (exact) mass is 258 g/mol. The summed E-state index contributed by atoms with van der Waals surface area (Å²) in [6, 6.07) is 7.67. The highest BCUT2D eigenvalue weighted by atomic mass is 16.6. The molecule has 0 bridgehead atoms. The summed E-state index contributed by atoms with van der Waals surface area (Å²) in [4.78, 5) is 21.6. The highest BCUT2D eigenvalue weighted by Gasteiger charge is 2.25. The van der Waals surface area contributed by atoms with Gasteiger partial charge in [-0.15, -0.1) is 0 Å². The maximum atomic E-state index is 10.7. The fourth-order valence-electron chi connectivity index (χ4n) is 2.32. The quantitative estimate of drug-likeness (QED) is 0.878. The molecule has 0 spiro atoms. The average Bonchev–Trinajstić information content (AvgIpc) is 2.86. The first-order chi connectivity index (χ1) is 9.22. The molecule has 0 aliphatic carbocycles. The molecular weight excluding hydrogens is 244 g/mol. The molecule has 19 heavy (non-hydrogen) atoms. The molecule has 2 N–H and O–H groups in total. The molecule has 1 saturated heterocycles. The maximum absolute atomic E-state index is 10.7. The second kappa shape index (κ2) is 4.72. The van der Waals surface area contributed by atoms with Crippen LogP contribution in [0.15, 0.2) is 30.5 Å². The first-order valence-electron chi connectivity index (χ1n) is 6.15. The van der Waals surface area contributed by atoms with Gasteiger partial charge in [0.2, 0.25) is 0 Å². The van der Waals surface area contributed by atoms with Crippen LogP contribution >= 0.6 is 0 Å². The zero-order chi connectivity index (χ0) is 13.2. The number of carbonyl (C=O) groups excluding carboxylic acids is 1. The first-order valence-corrected chi connectivity index (χ1v) is 6.15. The molecule has 3 heterocycles. The van der Waals surface area contributed by atoms with Crippen molar-refractivity contribution < 1.29 is 9.53 Å². The van der Waals surface area contributed by atoms with Gasteiger partial charge in [-0.2, -0.15) is 0 Å². The number of rotatable bonds is 2. The Hall–Kier alpha value is -2.37. The minimum Gasteiger partial charge on any atom is -0.444 e. The van der Waals surface area contributed by atoms with Crippen molar-refractivity contribution in [2.24, 2.45) is 5.73 Å². The molecule has 0 saturated carbocycles. The van der Waals surface area contributed by atoms with Crippen LogP contribution in [0.5, 0.6) is 0 Å². The van der Waals surface area contributed by atoms with Gasteiger partial charge in [-0.1, -0.05) is 0 Å². The normalized spacial score (nSPS) is 18.7. The molecule has 6 nitrogen and oxygen atoms in total. The number of ether oxygens (including phenoxy) is 1. The standard InChI is InChI=1S/C13H14N4O2/c14-13(18)19-9-5-7-17(8-9)12-4-3-10-11(16-12)2-1-6-15-10/h1-4,6,9H,5,7-8H2,(H2,14,18). The summed E-state index contributed by atoms with van der Waals surface area (Å²) in [5.41, 5.74) is 6.76. The highest BCUT2D eigenvalue weighted by molar-refractivity contribution is 5.76. The molecule has 98 valence electrons. The summed E-state index contributed by atoms with van der Waals surface area (Å²) in [7, 11) is 0. The Balaban J connectivity index is 1.79. The number of fused-ring (bicyclic) bond motifs is 1. The first kappa shape index (κ1) is 11.7. The molecule has 1 aliphatic rings. The topological polar surface area (TPSA) is 81.3 Å². The molecule has 6 heteroatoms. The van der Waals surface area contributed by atoms with Crippen LogP contribution in [0.25, 0.3) is 11.0 Å². The van der Waals surface area contributed by atoms with Crippen LogP contribution in [-0.2, 0) is 4.74 Å². The Morgan fingerprint density at radius 3 is 3.11 bits per heavy atom. The summed E-state index contributed by atoms with van der Waals surface area (Å²) in [5.74, 6) is 0.871. The van der Waals surface area contributed by atoms with Gasteiger partial charge in [0.1, 0.15) is 11.9 Å². The van der Waals surface area contributed by atoms with Crippen molar-refractivity contribution in [1.82, 2.24) is 9.97 Å². The van der Waals surface area contributed by atoms with E-state index in [1.54, 1.807) is 6.20 Å². The Morgan fingerprint density at radius 1 is 1.37 bits per heavy atom. The number of hydrogen-bond acceptors (Lipinski definition) is 5. The van der Waals surface area contributed by atoms with E-state index in [4.69, 9.17) is 10.5 Å². The van der Waals surface area contributed by atoms with E-state index in [0.29, 0.717) is 6.54 Å². The summed E-state index contributed by atoms with van der Waals surface area (Å²) in [6.45, 7) is 1.43. The summed E-state index contributed by atoms with van der Waals surface area (Å²) >= 11 is 0. The lowest BCUT2D eigenvalue weighted by atomic mass is 10.3. The molecule has 1 unspecified atom stereocenters. The zero-order valence-corrected chi connectivity index (χ0v) is 10.3. The smallest absolute Gasteiger partial charge is 0.404 e. The van der Waals surface area contributed by atoms with Crippen LogP contribution in [-0.4, -0.2) is 35.3 Å².